The minimum absolute atomic E-state index is 0.319. The molecule has 0 radical (unpaired) electrons. The third kappa shape index (κ3) is 4.84. The Hall–Kier alpha value is -1.33. The summed E-state index contributed by atoms with van der Waals surface area (Å²) in [6.45, 7) is 6.42. The van der Waals surface area contributed by atoms with Gasteiger partial charge in [0.25, 0.3) is 0 Å². The van der Waals surface area contributed by atoms with Crippen LogP contribution in [0.1, 0.15) is 39.0 Å². The van der Waals surface area contributed by atoms with Crippen molar-refractivity contribution in [3.05, 3.63) is 18.3 Å². The molecule has 0 bridgehead atoms. The number of nitrogens with zero attached hydrogens (tertiary/aromatic N) is 2. The quantitative estimate of drug-likeness (QED) is 0.838. The van der Waals surface area contributed by atoms with Crippen LogP contribution in [0, 0.1) is 11.8 Å². The summed E-state index contributed by atoms with van der Waals surface area (Å²) in [5.41, 5.74) is 1.19. The normalized spacial score (nSPS) is 21.7. The highest BCUT2D eigenvalue weighted by Gasteiger charge is 2.19. The Morgan fingerprint density at radius 2 is 1.96 bits per heavy atom. The Morgan fingerprint density at radius 3 is 2.58 bits per heavy atom. The van der Waals surface area contributed by atoms with Crippen molar-refractivity contribution in [1.82, 2.24) is 4.98 Å². The summed E-state index contributed by atoms with van der Waals surface area (Å²) in [6, 6.07) is 4.69. The predicted octanol–water partition coefficient (Wildman–Crippen LogP) is 2.91. The average Bonchev–Trinajstić information content (AvgIpc) is 2.63. The fourth-order valence-electron chi connectivity index (χ4n) is 3.83. The highest BCUT2D eigenvalue weighted by atomic mass is 16.5. The molecule has 2 fully saturated rings. The Balaban J connectivity index is 1.47. The van der Waals surface area contributed by atoms with E-state index >= 15 is 0 Å². The van der Waals surface area contributed by atoms with E-state index in [1.165, 1.54) is 24.9 Å². The van der Waals surface area contributed by atoms with Crippen molar-refractivity contribution < 1.29 is 9.84 Å². The lowest BCUT2D eigenvalue weighted by Gasteiger charge is -2.32. The van der Waals surface area contributed by atoms with Gasteiger partial charge in [-0.1, -0.05) is 0 Å². The van der Waals surface area contributed by atoms with E-state index in [1.54, 1.807) is 0 Å². The molecule has 1 aromatic heterocycles. The molecule has 0 aliphatic carbocycles. The number of nitrogens with one attached hydrogen (secondary N) is 1. The first-order chi connectivity index (χ1) is 11.7. The second-order valence-electron chi connectivity index (χ2n) is 7.35. The summed E-state index contributed by atoms with van der Waals surface area (Å²) in [4.78, 5) is 6.97. The number of hydrogen-bond acceptors (Lipinski definition) is 5. The summed E-state index contributed by atoms with van der Waals surface area (Å²) < 4.78 is 5.43. The number of hydrogen-bond donors (Lipinski definition) is 2. The van der Waals surface area contributed by atoms with Crippen molar-refractivity contribution in [1.29, 1.82) is 0 Å². The Morgan fingerprint density at radius 1 is 1.21 bits per heavy atom. The molecule has 0 saturated carbocycles. The molecule has 0 unspecified atom stereocenters. The lowest BCUT2D eigenvalue weighted by molar-refractivity contribution is 0.0629. The van der Waals surface area contributed by atoms with E-state index in [1.807, 2.05) is 6.20 Å². The van der Waals surface area contributed by atoms with E-state index in [2.05, 4.69) is 34.3 Å². The largest absolute Gasteiger partial charge is 0.396 e. The lowest BCUT2D eigenvalue weighted by atomic mass is 9.93. The van der Waals surface area contributed by atoms with E-state index in [-0.39, 0.29) is 0 Å². The number of rotatable bonds is 6. The van der Waals surface area contributed by atoms with Crippen LogP contribution in [0.15, 0.2) is 18.3 Å². The van der Waals surface area contributed by atoms with E-state index in [4.69, 9.17) is 4.74 Å². The maximum Gasteiger partial charge on any atom is 0.126 e. The number of aromatic nitrogens is 1. The van der Waals surface area contributed by atoms with Gasteiger partial charge in [-0.25, -0.2) is 4.98 Å². The van der Waals surface area contributed by atoms with Crippen molar-refractivity contribution in [2.45, 2.75) is 45.1 Å². The van der Waals surface area contributed by atoms with Crippen molar-refractivity contribution in [3.8, 4) is 0 Å². The molecular weight excluding hydrogens is 302 g/mol. The van der Waals surface area contributed by atoms with E-state index < -0.39 is 0 Å². The number of pyridine rings is 1. The molecule has 0 spiro atoms. The second-order valence-corrected chi connectivity index (χ2v) is 7.35. The van der Waals surface area contributed by atoms with Crippen LogP contribution < -0.4 is 10.2 Å². The zero-order chi connectivity index (χ0) is 16.8. The Labute approximate surface area is 145 Å². The molecule has 5 nitrogen and oxygen atoms in total. The van der Waals surface area contributed by atoms with Gasteiger partial charge in [0, 0.05) is 39.0 Å². The Kier molecular flexibility index (Phi) is 6.32. The van der Waals surface area contributed by atoms with Crippen LogP contribution in [0.5, 0.6) is 0 Å². The molecule has 3 heterocycles. The first-order valence-electron chi connectivity index (χ1n) is 9.40. The lowest BCUT2D eigenvalue weighted by Crippen LogP contribution is -2.34. The minimum Gasteiger partial charge on any atom is -0.396 e. The third-order valence-electron chi connectivity index (χ3n) is 5.41. The van der Waals surface area contributed by atoms with Crippen LogP contribution in [0.3, 0.4) is 0 Å². The van der Waals surface area contributed by atoms with Gasteiger partial charge in [0.1, 0.15) is 5.82 Å². The minimum atomic E-state index is 0.319. The molecule has 2 aliphatic rings. The third-order valence-corrected chi connectivity index (χ3v) is 5.41. The van der Waals surface area contributed by atoms with Gasteiger partial charge >= 0.3 is 0 Å². The van der Waals surface area contributed by atoms with Gasteiger partial charge in [-0.2, -0.15) is 0 Å². The SMILES string of the molecule is C[C@H](CC1CCOCC1)Nc1ccc(N2CCC(CO)CC2)cn1. The van der Waals surface area contributed by atoms with Crippen LogP contribution in [-0.4, -0.2) is 49.0 Å². The first-order valence-corrected chi connectivity index (χ1v) is 9.40. The first kappa shape index (κ1) is 17.5. The Bertz CT molecular complexity index is 480. The van der Waals surface area contributed by atoms with E-state index in [0.29, 0.717) is 18.6 Å². The van der Waals surface area contributed by atoms with Crippen LogP contribution in [0.2, 0.25) is 0 Å². The van der Waals surface area contributed by atoms with Gasteiger partial charge in [0.15, 0.2) is 0 Å². The molecule has 2 aliphatic heterocycles. The molecule has 0 amide bonds. The van der Waals surface area contributed by atoms with Gasteiger partial charge in [-0.15, -0.1) is 0 Å². The fourth-order valence-corrected chi connectivity index (χ4v) is 3.83. The molecule has 1 atom stereocenters. The summed E-state index contributed by atoms with van der Waals surface area (Å²) in [6.07, 6.45) is 7.66. The van der Waals surface area contributed by atoms with Crippen LogP contribution >= 0.6 is 0 Å². The van der Waals surface area contributed by atoms with Crippen LogP contribution in [-0.2, 0) is 4.74 Å². The van der Waals surface area contributed by atoms with E-state index in [9.17, 15) is 5.11 Å². The van der Waals surface area contributed by atoms with Gasteiger partial charge in [-0.05, 0) is 63.0 Å². The number of ether oxygens (including phenoxy) is 1. The van der Waals surface area contributed by atoms with Crippen molar-refractivity contribution in [2.24, 2.45) is 11.8 Å². The highest BCUT2D eigenvalue weighted by Crippen LogP contribution is 2.24. The smallest absolute Gasteiger partial charge is 0.126 e. The molecule has 5 heteroatoms. The van der Waals surface area contributed by atoms with Gasteiger partial charge < -0.3 is 20.1 Å². The molecule has 1 aromatic rings. The molecule has 2 N–H and O–H groups in total. The second kappa shape index (κ2) is 8.67. The molecule has 0 aromatic carbocycles. The van der Waals surface area contributed by atoms with Crippen LogP contribution in [0.25, 0.3) is 0 Å². The topological polar surface area (TPSA) is 57.6 Å². The van der Waals surface area contributed by atoms with E-state index in [0.717, 1.165) is 50.9 Å². The number of piperidine rings is 1. The zero-order valence-corrected chi connectivity index (χ0v) is 14.8. The summed E-state index contributed by atoms with van der Waals surface area (Å²) in [5, 5.41) is 12.8. The van der Waals surface area contributed by atoms with Crippen molar-refractivity contribution >= 4 is 11.5 Å². The summed E-state index contributed by atoms with van der Waals surface area (Å²) in [7, 11) is 0. The fraction of sp³-hybridized carbons (Fsp3) is 0.737. The summed E-state index contributed by atoms with van der Waals surface area (Å²) >= 11 is 0. The monoisotopic (exact) mass is 333 g/mol. The number of aliphatic hydroxyl groups excluding tert-OH is 1. The maximum atomic E-state index is 9.24. The zero-order valence-electron chi connectivity index (χ0n) is 14.8. The van der Waals surface area contributed by atoms with Crippen LogP contribution in [0.4, 0.5) is 11.5 Å². The molecular formula is C19H31N3O2. The number of anilines is 2. The molecule has 24 heavy (non-hydrogen) atoms. The molecule has 134 valence electrons. The predicted molar refractivity (Wildman–Crippen MR) is 97.5 cm³/mol. The summed E-state index contributed by atoms with van der Waals surface area (Å²) in [5.74, 6) is 2.21. The standard InChI is InChI=1S/C19H31N3O2/c1-15(12-16-6-10-24-11-7-16)21-19-3-2-18(13-20-19)22-8-4-17(14-23)5-9-22/h2-3,13,15-17,23H,4-12,14H2,1H3,(H,20,21)/t15-/m1/s1. The average molecular weight is 333 g/mol. The van der Waals surface area contributed by atoms with Gasteiger partial charge in [-0.3, -0.25) is 0 Å². The molecule has 3 rings (SSSR count). The maximum absolute atomic E-state index is 9.24. The van der Waals surface area contributed by atoms with Gasteiger partial charge in [0.2, 0.25) is 0 Å². The van der Waals surface area contributed by atoms with Crippen molar-refractivity contribution in [2.75, 3.05) is 43.1 Å². The van der Waals surface area contributed by atoms with Crippen molar-refractivity contribution in [3.63, 3.8) is 0 Å². The van der Waals surface area contributed by atoms with Gasteiger partial charge in [0.05, 0.1) is 11.9 Å². The highest BCUT2D eigenvalue weighted by molar-refractivity contribution is 5.50. The molecule has 2 saturated heterocycles. The number of aliphatic hydroxyl groups is 1.